The van der Waals surface area contributed by atoms with Crippen molar-refractivity contribution in [3.63, 3.8) is 0 Å². The van der Waals surface area contributed by atoms with Crippen LogP contribution >= 0.6 is 11.3 Å². The average molecular weight is 253 g/mol. The van der Waals surface area contributed by atoms with E-state index in [2.05, 4.69) is 38.0 Å². The van der Waals surface area contributed by atoms with Gasteiger partial charge >= 0.3 is 0 Å². The molecule has 1 aromatic rings. The third-order valence-corrected chi connectivity index (χ3v) is 4.36. The zero-order valence-electron chi connectivity index (χ0n) is 11.3. The summed E-state index contributed by atoms with van der Waals surface area (Å²) in [6.07, 6.45) is 3.69. The number of anilines is 1. The fraction of sp³-hybridized carbons (Fsp3) is 0.769. The maximum absolute atomic E-state index is 4.77. The topological polar surface area (TPSA) is 28.2 Å². The molecule has 0 spiro atoms. The van der Waals surface area contributed by atoms with Gasteiger partial charge in [0.05, 0.1) is 5.69 Å². The zero-order chi connectivity index (χ0) is 12.4. The molecule has 0 aliphatic heterocycles. The van der Waals surface area contributed by atoms with E-state index < -0.39 is 0 Å². The highest BCUT2D eigenvalue weighted by Crippen LogP contribution is 2.34. The summed E-state index contributed by atoms with van der Waals surface area (Å²) in [7, 11) is 2.18. The molecule has 0 aromatic carbocycles. The Morgan fingerprint density at radius 1 is 1.47 bits per heavy atom. The van der Waals surface area contributed by atoms with E-state index in [4.69, 9.17) is 4.98 Å². The first-order valence-corrected chi connectivity index (χ1v) is 7.38. The Kier molecular flexibility index (Phi) is 4.05. The van der Waals surface area contributed by atoms with Crippen molar-refractivity contribution in [3.05, 3.63) is 10.6 Å². The predicted octanol–water partition coefficient (Wildman–Crippen LogP) is 2.80. The van der Waals surface area contributed by atoms with Crippen LogP contribution in [0.2, 0.25) is 0 Å². The largest absolute Gasteiger partial charge is 0.348 e. The smallest absolute Gasteiger partial charge is 0.185 e. The molecule has 0 atom stereocenters. The Labute approximate surface area is 108 Å². The molecule has 0 unspecified atom stereocenters. The van der Waals surface area contributed by atoms with Gasteiger partial charge in [-0.2, -0.15) is 0 Å². The standard InChI is InChI=1S/C13H23N3S/c1-5-11-12(8-14-9(2)3)17-13(15-11)16(4)10-6-7-10/h9-10,14H,5-8H2,1-4H3. The molecule has 1 saturated carbocycles. The normalized spacial score (nSPS) is 15.6. The highest BCUT2D eigenvalue weighted by Gasteiger charge is 2.28. The molecule has 1 aliphatic rings. The van der Waals surface area contributed by atoms with Crippen molar-refractivity contribution in [1.82, 2.24) is 10.3 Å². The van der Waals surface area contributed by atoms with E-state index in [0.717, 1.165) is 19.0 Å². The van der Waals surface area contributed by atoms with Gasteiger partial charge in [-0.05, 0) is 19.3 Å². The van der Waals surface area contributed by atoms with E-state index in [0.29, 0.717) is 6.04 Å². The summed E-state index contributed by atoms with van der Waals surface area (Å²) >= 11 is 1.85. The second-order valence-corrected chi connectivity index (χ2v) is 6.16. The first-order valence-electron chi connectivity index (χ1n) is 6.56. The van der Waals surface area contributed by atoms with E-state index in [1.54, 1.807) is 0 Å². The summed E-state index contributed by atoms with van der Waals surface area (Å²) in [5.41, 5.74) is 1.27. The van der Waals surface area contributed by atoms with Gasteiger partial charge in [0.2, 0.25) is 0 Å². The van der Waals surface area contributed by atoms with Gasteiger partial charge in [0.1, 0.15) is 0 Å². The lowest BCUT2D eigenvalue weighted by Crippen LogP contribution is -2.21. The quantitative estimate of drug-likeness (QED) is 0.845. The van der Waals surface area contributed by atoms with Gasteiger partial charge in [0.15, 0.2) is 5.13 Å². The van der Waals surface area contributed by atoms with Crippen molar-refractivity contribution in [3.8, 4) is 0 Å². The van der Waals surface area contributed by atoms with Crippen LogP contribution in [-0.4, -0.2) is 24.1 Å². The van der Waals surface area contributed by atoms with Gasteiger partial charge in [-0.3, -0.25) is 0 Å². The lowest BCUT2D eigenvalue weighted by molar-refractivity contribution is 0.590. The van der Waals surface area contributed by atoms with Crippen molar-refractivity contribution in [2.24, 2.45) is 0 Å². The molecule has 0 saturated heterocycles. The minimum atomic E-state index is 0.534. The molecule has 0 bridgehead atoms. The summed E-state index contributed by atoms with van der Waals surface area (Å²) in [5, 5.41) is 4.68. The summed E-state index contributed by atoms with van der Waals surface area (Å²) in [5.74, 6) is 0. The van der Waals surface area contributed by atoms with E-state index >= 15 is 0 Å². The minimum absolute atomic E-state index is 0.534. The Morgan fingerprint density at radius 2 is 2.18 bits per heavy atom. The molecule has 0 radical (unpaired) electrons. The Morgan fingerprint density at radius 3 is 2.71 bits per heavy atom. The van der Waals surface area contributed by atoms with Crippen LogP contribution in [0.5, 0.6) is 0 Å². The molecular formula is C13H23N3S. The average Bonchev–Trinajstić information content (AvgIpc) is 3.05. The molecule has 1 aliphatic carbocycles. The number of nitrogens with zero attached hydrogens (tertiary/aromatic N) is 2. The molecule has 1 fully saturated rings. The summed E-state index contributed by atoms with van der Waals surface area (Å²) in [6.45, 7) is 7.51. The fourth-order valence-electron chi connectivity index (χ4n) is 1.85. The van der Waals surface area contributed by atoms with Crippen LogP contribution in [0.25, 0.3) is 0 Å². The van der Waals surface area contributed by atoms with Gasteiger partial charge in [0, 0.05) is 30.6 Å². The van der Waals surface area contributed by atoms with Crippen molar-refractivity contribution < 1.29 is 0 Å². The highest BCUT2D eigenvalue weighted by molar-refractivity contribution is 7.15. The molecule has 1 aromatic heterocycles. The van der Waals surface area contributed by atoms with Crippen molar-refractivity contribution >= 4 is 16.5 Å². The first-order chi connectivity index (χ1) is 8.11. The number of hydrogen-bond donors (Lipinski definition) is 1. The maximum atomic E-state index is 4.77. The summed E-state index contributed by atoms with van der Waals surface area (Å²) in [4.78, 5) is 8.53. The molecule has 4 heteroatoms. The molecule has 17 heavy (non-hydrogen) atoms. The van der Waals surface area contributed by atoms with Crippen molar-refractivity contribution in [2.45, 2.75) is 58.7 Å². The van der Waals surface area contributed by atoms with Gasteiger partial charge in [-0.1, -0.05) is 20.8 Å². The number of nitrogens with one attached hydrogen (secondary N) is 1. The van der Waals surface area contributed by atoms with E-state index in [-0.39, 0.29) is 0 Å². The number of rotatable bonds is 6. The molecule has 0 amide bonds. The minimum Gasteiger partial charge on any atom is -0.348 e. The Balaban J connectivity index is 2.08. The van der Waals surface area contributed by atoms with Gasteiger partial charge in [-0.25, -0.2) is 4.98 Å². The monoisotopic (exact) mass is 253 g/mol. The summed E-state index contributed by atoms with van der Waals surface area (Å²) < 4.78 is 0. The van der Waals surface area contributed by atoms with E-state index in [1.807, 2.05) is 11.3 Å². The second-order valence-electron chi connectivity index (χ2n) is 5.10. The summed E-state index contributed by atoms with van der Waals surface area (Å²) in [6, 6.07) is 1.28. The van der Waals surface area contributed by atoms with Crippen molar-refractivity contribution in [2.75, 3.05) is 11.9 Å². The Hall–Kier alpha value is -0.610. The second kappa shape index (κ2) is 5.36. The Bertz CT molecular complexity index is 369. The van der Waals surface area contributed by atoms with Gasteiger partial charge < -0.3 is 10.2 Å². The number of aryl methyl sites for hydroxylation is 1. The van der Waals surface area contributed by atoms with Crippen LogP contribution in [0, 0.1) is 0 Å². The molecule has 2 rings (SSSR count). The van der Waals surface area contributed by atoms with Crippen LogP contribution in [0.15, 0.2) is 0 Å². The highest BCUT2D eigenvalue weighted by atomic mass is 32.1. The fourth-order valence-corrected chi connectivity index (χ4v) is 2.98. The maximum Gasteiger partial charge on any atom is 0.185 e. The SMILES string of the molecule is CCc1nc(N(C)C2CC2)sc1CNC(C)C. The van der Waals surface area contributed by atoms with Crippen LogP contribution in [0.4, 0.5) is 5.13 Å². The van der Waals surface area contributed by atoms with Crippen LogP contribution in [0.3, 0.4) is 0 Å². The molecular weight excluding hydrogens is 230 g/mol. The van der Waals surface area contributed by atoms with E-state index in [9.17, 15) is 0 Å². The predicted molar refractivity (Wildman–Crippen MR) is 74.9 cm³/mol. The van der Waals surface area contributed by atoms with Crippen LogP contribution < -0.4 is 10.2 Å². The third-order valence-electron chi connectivity index (χ3n) is 3.17. The van der Waals surface area contributed by atoms with Crippen molar-refractivity contribution in [1.29, 1.82) is 0 Å². The number of thiazole rings is 1. The molecule has 96 valence electrons. The van der Waals surface area contributed by atoms with E-state index in [1.165, 1.54) is 28.5 Å². The van der Waals surface area contributed by atoms with Gasteiger partial charge in [-0.15, -0.1) is 11.3 Å². The molecule has 1 N–H and O–H groups in total. The number of aromatic nitrogens is 1. The third kappa shape index (κ3) is 3.19. The number of hydrogen-bond acceptors (Lipinski definition) is 4. The van der Waals surface area contributed by atoms with Gasteiger partial charge in [0.25, 0.3) is 0 Å². The first kappa shape index (κ1) is 12.8. The lowest BCUT2D eigenvalue weighted by atomic mass is 10.3. The lowest BCUT2D eigenvalue weighted by Gasteiger charge is -2.13. The van der Waals surface area contributed by atoms with Crippen LogP contribution in [0.1, 0.15) is 44.2 Å². The zero-order valence-corrected chi connectivity index (χ0v) is 12.1. The molecule has 3 nitrogen and oxygen atoms in total. The molecule has 1 heterocycles. The van der Waals surface area contributed by atoms with Crippen LogP contribution in [-0.2, 0) is 13.0 Å².